The van der Waals surface area contributed by atoms with Gasteiger partial charge in [0.1, 0.15) is 0 Å². The summed E-state index contributed by atoms with van der Waals surface area (Å²) in [5.74, 6) is 0.539. The summed E-state index contributed by atoms with van der Waals surface area (Å²) in [6.07, 6.45) is 3.81. The summed E-state index contributed by atoms with van der Waals surface area (Å²) in [5, 5.41) is 3.25. The van der Waals surface area contributed by atoms with Crippen LogP contribution in [0.3, 0.4) is 0 Å². The van der Waals surface area contributed by atoms with Crippen LogP contribution in [-0.2, 0) is 9.84 Å². The van der Waals surface area contributed by atoms with E-state index in [1.807, 2.05) is 0 Å². The van der Waals surface area contributed by atoms with E-state index < -0.39 is 9.84 Å². The minimum atomic E-state index is -2.79. The van der Waals surface area contributed by atoms with Crippen LogP contribution in [0, 0.1) is 5.41 Å². The number of sulfone groups is 1. The predicted octanol–water partition coefficient (Wildman–Crippen LogP) is 1.20. The van der Waals surface area contributed by atoms with Gasteiger partial charge in [0, 0.05) is 18.8 Å². The Labute approximate surface area is 87.2 Å². The maximum Gasteiger partial charge on any atom is 0.151 e. The van der Waals surface area contributed by atoms with E-state index in [2.05, 4.69) is 12.2 Å². The lowest BCUT2D eigenvalue weighted by atomic mass is 10.0. The minimum absolute atomic E-state index is 0.258. The Balaban J connectivity index is 2.11. The molecule has 0 aromatic rings. The van der Waals surface area contributed by atoms with Crippen LogP contribution in [0.25, 0.3) is 0 Å². The average Bonchev–Trinajstić information content (AvgIpc) is 2.94. The molecular formula is C10H21NO2S. The Kier molecular flexibility index (Phi) is 3.95. The lowest BCUT2D eigenvalue weighted by Crippen LogP contribution is -2.29. The van der Waals surface area contributed by atoms with Gasteiger partial charge in [-0.05, 0) is 24.7 Å². The number of hydrogen-bond acceptors (Lipinski definition) is 3. The maximum atomic E-state index is 11.2. The van der Waals surface area contributed by atoms with Crippen LogP contribution in [-0.4, -0.2) is 33.0 Å². The first-order chi connectivity index (χ1) is 6.54. The number of nitrogens with one attached hydrogen (secondary N) is 1. The molecule has 1 rings (SSSR count). The second-order valence-corrected chi connectivity index (χ2v) is 6.74. The molecule has 1 fully saturated rings. The largest absolute Gasteiger partial charge is 0.315 e. The average molecular weight is 219 g/mol. The summed E-state index contributed by atoms with van der Waals surface area (Å²) in [5.41, 5.74) is 0.510. The molecule has 0 aliphatic heterocycles. The van der Waals surface area contributed by atoms with Gasteiger partial charge < -0.3 is 5.32 Å². The Hall–Kier alpha value is -0.0900. The summed E-state index contributed by atoms with van der Waals surface area (Å²) in [6.45, 7) is 5.50. The van der Waals surface area contributed by atoms with Crippen molar-refractivity contribution in [1.82, 2.24) is 5.32 Å². The van der Waals surface area contributed by atoms with Crippen molar-refractivity contribution in [3.63, 3.8) is 0 Å². The smallest absolute Gasteiger partial charge is 0.151 e. The molecule has 3 nitrogen and oxygen atoms in total. The van der Waals surface area contributed by atoms with E-state index in [1.165, 1.54) is 19.3 Å². The standard InChI is InChI=1S/C10H21NO2S/c1-3-10(5-6-10)9-11-7-8-14(12,13)4-2/h11H,3-9H2,1-2H3. The van der Waals surface area contributed by atoms with Crippen molar-refractivity contribution < 1.29 is 8.42 Å². The monoisotopic (exact) mass is 219 g/mol. The van der Waals surface area contributed by atoms with Crippen LogP contribution in [0.1, 0.15) is 33.1 Å². The Morgan fingerprint density at radius 2 is 1.93 bits per heavy atom. The van der Waals surface area contributed by atoms with Gasteiger partial charge in [-0.3, -0.25) is 0 Å². The summed E-state index contributed by atoms with van der Waals surface area (Å²) < 4.78 is 22.3. The molecule has 0 spiro atoms. The summed E-state index contributed by atoms with van der Waals surface area (Å²) in [6, 6.07) is 0. The van der Waals surface area contributed by atoms with Crippen LogP contribution < -0.4 is 5.32 Å². The summed E-state index contributed by atoms with van der Waals surface area (Å²) >= 11 is 0. The van der Waals surface area contributed by atoms with Crippen molar-refractivity contribution in [3.05, 3.63) is 0 Å². The lowest BCUT2D eigenvalue weighted by Gasteiger charge is -2.12. The van der Waals surface area contributed by atoms with E-state index >= 15 is 0 Å². The molecule has 0 heterocycles. The van der Waals surface area contributed by atoms with E-state index in [4.69, 9.17) is 0 Å². The molecule has 0 atom stereocenters. The first-order valence-electron chi connectivity index (χ1n) is 5.45. The van der Waals surface area contributed by atoms with Crippen LogP contribution in [0.4, 0.5) is 0 Å². The fourth-order valence-corrected chi connectivity index (χ4v) is 2.30. The molecule has 1 aliphatic carbocycles. The molecule has 0 radical (unpaired) electrons. The number of rotatable bonds is 7. The molecule has 0 unspecified atom stereocenters. The zero-order chi connectivity index (χ0) is 10.7. The van der Waals surface area contributed by atoms with Gasteiger partial charge in [0.2, 0.25) is 0 Å². The fourth-order valence-electron chi connectivity index (χ4n) is 1.56. The minimum Gasteiger partial charge on any atom is -0.315 e. The van der Waals surface area contributed by atoms with E-state index in [9.17, 15) is 8.42 Å². The third kappa shape index (κ3) is 3.58. The zero-order valence-corrected chi connectivity index (χ0v) is 9.99. The highest BCUT2D eigenvalue weighted by atomic mass is 32.2. The van der Waals surface area contributed by atoms with Gasteiger partial charge in [-0.15, -0.1) is 0 Å². The molecular weight excluding hydrogens is 198 g/mol. The molecule has 1 N–H and O–H groups in total. The molecule has 0 aromatic heterocycles. The van der Waals surface area contributed by atoms with Crippen molar-refractivity contribution in [2.24, 2.45) is 5.41 Å². The molecule has 1 aliphatic rings. The number of hydrogen-bond donors (Lipinski definition) is 1. The molecule has 1 saturated carbocycles. The first-order valence-corrected chi connectivity index (χ1v) is 7.27. The van der Waals surface area contributed by atoms with Crippen molar-refractivity contribution in [1.29, 1.82) is 0 Å². The van der Waals surface area contributed by atoms with Crippen molar-refractivity contribution in [2.75, 3.05) is 24.6 Å². The van der Waals surface area contributed by atoms with Crippen molar-refractivity contribution in [2.45, 2.75) is 33.1 Å². The second kappa shape index (κ2) is 4.62. The van der Waals surface area contributed by atoms with Crippen LogP contribution in [0.5, 0.6) is 0 Å². The highest BCUT2D eigenvalue weighted by Crippen LogP contribution is 2.47. The quantitative estimate of drug-likeness (QED) is 0.654. The topological polar surface area (TPSA) is 46.2 Å². The van der Waals surface area contributed by atoms with Gasteiger partial charge >= 0.3 is 0 Å². The van der Waals surface area contributed by atoms with Crippen LogP contribution in [0.2, 0.25) is 0 Å². The third-order valence-electron chi connectivity index (χ3n) is 3.24. The molecule has 84 valence electrons. The SMILES string of the molecule is CCC1(CNCCS(=O)(=O)CC)CC1. The van der Waals surface area contributed by atoms with E-state index in [1.54, 1.807) is 6.92 Å². The lowest BCUT2D eigenvalue weighted by molar-refractivity contribution is 0.450. The Morgan fingerprint density at radius 3 is 2.36 bits per heavy atom. The molecule has 14 heavy (non-hydrogen) atoms. The molecule has 0 saturated heterocycles. The normalized spacial score (nSPS) is 19.6. The van der Waals surface area contributed by atoms with E-state index in [-0.39, 0.29) is 11.5 Å². The van der Waals surface area contributed by atoms with E-state index in [0.717, 1.165) is 6.54 Å². The van der Waals surface area contributed by atoms with Gasteiger partial charge in [0.25, 0.3) is 0 Å². The van der Waals surface area contributed by atoms with E-state index in [0.29, 0.717) is 12.0 Å². The predicted molar refractivity (Wildman–Crippen MR) is 59.2 cm³/mol. The fraction of sp³-hybridized carbons (Fsp3) is 1.00. The van der Waals surface area contributed by atoms with Gasteiger partial charge in [-0.1, -0.05) is 13.8 Å². The summed E-state index contributed by atoms with van der Waals surface area (Å²) in [4.78, 5) is 0. The first kappa shape index (κ1) is 12.0. The highest BCUT2D eigenvalue weighted by molar-refractivity contribution is 7.91. The van der Waals surface area contributed by atoms with Crippen molar-refractivity contribution in [3.8, 4) is 0 Å². The van der Waals surface area contributed by atoms with Crippen molar-refractivity contribution >= 4 is 9.84 Å². The molecule has 0 amide bonds. The van der Waals surface area contributed by atoms with Gasteiger partial charge in [-0.2, -0.15) is 0 Å². The molecule has 4 heteroatoms. The highest BCUT2D eigenvalue weighted by Gasteiger charge is 2.39. The van der Waals surface area contributed by atoms with Gasteiger partial charge in [0.15, 0.2) is 9.84 Å². The second-order valence-electron chi connectivity index (χ2n) is 4.27. The van der Waals surface area contributed by atoms with Gasteiger partial charge in [-0.25, -0.2) is 8.42 Å². The Morgan fingerprint density at radius 1 is 1.29 bits per heavy atom. The molecule has 0 bridgehead atoms. The molecule has 0 aromatic carbocycles. The Bertz CT molecular complexity index is 268. The maximum absolute atomic E-state index is 11.2. The van der Waals surface area contributed by atoms with Crippen LogP contribution in [0.15, 0.2) is 0 Å². The summed E-state index contributed by atoms with van der Waals surface area (Å²) in [7, 11) is -2.79. The third-order valence-corrected chi connectivity index (χ3v) is 4.94. The van der Waals surface area contributed by atoms with Crippen LogP contribution >= 0.6 is 0 Å². The zero-order valence-electron chi connectivity index (χ0n) is 9.17. The van der Waals surface area contributed by atoms with Gasteiger partial charge in [0.05, 0.1) is 5.75 Å².